The Bertz CT molecular complexity index is 1120. The highest BCUT2D eigenvalue weighted by Gasteiger charge is 2.21. The zero-order valence-electron chi connectivity index (χ0n) is 19.7. The number of hydrogen-bond acceptors (Lipinski definition) is 8. The lowest BCUT2D eigenvalue weighted by Crippen LogP contribution is -2.18. The van der Waals surface area contributed by atoms with Gasteiger partial charge in [0.05, 0.1) is 24.3 Å². The molecule has 0 amide bonds. The molecule has 0 spiro atoms. The Balaban J connectivity index is 1.92. The number of aromatic nitrogens is 1. The second kappa shape index (κ2) is 12.6. The summed E-state index contributed by atoms with van der Waals surface area (Å²) in [7, 11) is 0. The van der Waals surface area contributed by atoms with E-state index in [1.54, 1.807) is 57.3 Å². The summed E-state index contributed by atoms with van der Waals surface area (Å²) in [5.41, 5.74) is 1.93. The number of halogens is 1. The molecule has 0 bridgehead atoms. The first-order valence-electron chi connectivity index (χ1n) is 11.1. The van der Waals surface area contributed by atoms with E-state index in [0.717, 1.165) is 5.56 Å². The molecule has 1 aromatic heterocycles. The molecular weight excluding hydrogens is 472 g/mol. The summed E-state index contributed by atoms with van der Waals surface area (Å²) < 4.78 is 20.8. The van der Waals surface area contributed by atoms with E-state index in [2.05, 4.69) is 10.3 Å². The summed E-state index contributed by atoms with van der Waals surface area (Å²) in [5.74, 6) is 0.662. The molecule has 0 aliphatic heterocycles. The zero-order chi connectivity index (χ0) is 25.2. The van der Waals surface area contributed by atoms with Gasteiger partial charge < -0.3 is 24.3 Å². The second-order valence-corrected chi connectivity index (χ2v) is 8.08. The third kappa shape index (κ3) is 7.61. The lowest BCUT2D eigenvalue weighted by molar-refractivity contribution is -0.00847. The van der Waals surface area contributed by atoms with Crippen molar-refractivity contribution < 1.29 is 28.5 Å². The van der Waals surface area contributed by atoms with E-state index in [-0.39, 0.29) is 12.9 Å². The Morgan fingerprint density at radius 2 is 1.80 bits per heavy atom. The first kappa shape index (κ1) is 25.8. The van der Waals surface area contributed by atoms with E-state index in [0.29, 0.717) is 34.3 Å². The molecule has 35 heavy (non-hydrogen) atoms. The standard InChI is InChI=1S/C26H27ClN2O6/c1-4-32-25(30)19-10-8-18(9-11-19)24(29-23-7-5-6-14-28-23)21-15-20(27)12-13-22(21)33-16-34-26(31)35-17(2)3/h5-15,17,24H,4,16H2,1-3H3,(H,28,29). The molecular formula is C26H27ClN2O6. The van der Waals surface area contributed by atoms with Crippen LogP contribution in [0.2, 0.25) is 5.02 Å². The molecule has 1 N–H and O–H groups in total. The van der Waals surface area contributed by atoms with E-state index < -0.39 is 18.2 Å². The van der Waals surface area contributed by atoms with Crippen molar-refractivity contribution in [2.24, 2.45) is 0 Å². The van der Waals surface area contributed by atoms with Crippen LogP contribution < -0.4 is 10.1 Å². The molecule has 0 aliphatic carbocycles. The van der Waals surface area contributed by atoms with Crippen LogP contribution in [0.3, 0.4) is 0 Å². The predicted octanol–water partition coefficient (Wildman–Crippen LogP) is 6.01. The Kier molecular flexibility index (Phi) is 9.31. The van der Waals surface area contributed by atoms with Crippen molar-refractivity contribution in [1.82, 2.24) is 4.98 Å². The number of ether oxygens (including phenoxy) is 4. The molecule has 3 rings (SSSR count). The maximum Gasteiger partial charge on any atom is 0.511 e. The fourth-order valence-electron chi connectivity index (χ4n) is 3.21. The van der Waals surface area contributed by atoms with Gasteiger partial charge in [-0.15, -0.1) is 0 Å². The van der Waals surface area contributed by atoms with E-state index in [1.807, 2.05) is 30.3 Å². The molecule has 8 nitrogen and oxygen atoms in total. The maximum absolute atomic E-state index is 12.1. The molecule has 2 aromatic carbocycles. The summed E-state index contributed by atoms with van der Waals surface area (Å²) in [6, 6.07) is 17.2. The van der Waals surface area contributed by atoms with Gasteiger partial charge in [-0.2, -0.15) is 0 Å². The average molecular weight is 499 g/mol. The third-order valence-electron chi connectivity index (χ3n) is 4.72. The van der Waals surface area contributed by atoms with Gasteiger partial charge in [-0.3, -0.25) is 0 Å². The van der Waals surface area contributed by atoms with E-state index >= 15 is 0 Å². The molecule has 0 saturated heterocycles. The number of carbonyl (C=O) groups is 2. The number of benzene rings is 2. The lowest BCUT2D eigenvalue weighted by Gasteiger charge is -2.23. The molecule has 1 atom stereocenters. The Labute approximate surface area is 209 Å². The van der Waals surface area contributed by atoms with Gasteiger partial charge in [0.25, 0.3) is 0 Å². The van der Waals surface area contributed by atoms with Crippen LogP contribution in [0.25, 0.3) is 0 Å². The summed E-state index contributed by atoms with van der Waals surface area (Å²) in [4.78, 5) is 28.2. The Morgan fingerprint density at radius 3 is 2.46 bits per heavy atom. The molecule has 0 fully saturated rings. The molecule has 184 valence electrons. The molecule has 1 unspecified atom stereocenters. The topological polar surface area (TPSA) is 96.0 Å². The molecule has 0 saturated carbocycles. The van der Waals surface area contributed by atoms with Gasteiger partial charge in [0.2, 0.25) is 6.79 Å². The van der Waals surface area contributed by atoms with Crippen molar-refractivity contribution in [1.29, 1.82) is 0 Å². The number of rotatable bonds is 10. The predicted molar refractivity (Wildman–Crippen MR) is 132 cm³/mol. The van der Waals surface area contributed by atoms with Gasteiger partial charge in [0, 0.05) is 16.8 Å². The highest BCUT2D eigenvalue weighted by Crippen LogP contribution is 2.35. The largest absolute Gasteiger partial charge is 0.511 e. The SMILES string of the molecule is CCOC(=O)c1ccc(C(Nc2ccccn2)c2cc(Cl)ccc2OCOC(=O)OC(C)C)cc1. The van der Waals surface area contributed by atoms with Gasteiger partial charge >= 0.3 is 12.1 Å². The van der Waals surface area contributed by atoms with E-state index in [1.165, 1.54) is 0 Å². The number of hydrogen-bond donors (Lipinski definition) is 1. The summed E-state index contributed by atoms with van der Waals surface area (Å²) in [6.45, 7) is 5.14. The maximum atomic E-state index is 12.1. The molecule has 1 heterocycles. The Morgan fingerprint density at radius 1 is 1.03 bits per heavy atom. The minimum absolute atomic E-state index is 0.292. The number of anilines is 1. The fourth-order valence-corrected chi connectivity index (χ4v) is 3.39. The normalized spacial score (nSPS) is 11.5. The number of nitrogens with zero attached hydrogens (tertiary/aromatic N) is 1. The highest BCUT2D eigenvalue weighted by molar-refractivity contribution is 6.30. The van der Waals surface area contributed by atoms with Crippen molar-refractivity contribution >= 4 is 29.5 Å². The smallest absolute Gasteiger partial charge is 0.462 e. The van der Waals surface area contributed by atoms with Crippen molar-refractivity contribution in [2.75, 3.05) is 18.7 Å². The van der Waals surface area contributed by atoms with Gasteiger partial charge in [-0.05, 0) is 68.8 Å². The van der Waals surface area contributed by atoms with Crippen LogP contribution in [-0.2, 0) is 14.2 Å². The first-order chi connectivity index (χ1) is 16.9. The van der Waals surface area contributed by atoms with Crippen LogP contribution in [0.15, 0.2) is 66.9 Å². The summed E-state index contributed by atoms with van der Waals surface area (Å²) in [5, 5.41) is 3.87. The van der Waals surface area contributed by atoms with Crippen molar-refractivity contribution in [3.05, 3.63) is 88.6 Å². The van der Waals surface area contributed by atoms with Crippen LogP contribution in [0.1, 0.15) is 48.3 Å². The van der Waals surface area contributed by atoms with Gasteiger partial charge in [0.1, 0.15) is 11.6 Å². The van der Waals surface area contributed by atoms with Crippen LogP contribution in [0.5, 0.6) is 5.75 Å². The Hall–Kier alpha value is -3.78. The van der Waals surface area contributed by atoms with Crippen LogP contribution in [-0.4, -0.2) is 36.6 Å². The van der Waals surface area contributed by atoms with E-state index in [9.17, 15) is 9.59 Å². The van der Waals surface area contributed by atoms with Gasteiger partial charge in [0.15, 0.2) is 0 Å². The van der Waals surface area contributed by atoms with E-state index in [4.69, 9.17) is 30.5 Å². The van der Waals surface area contributed by atoms with Crippen molar-refractivity contribution in [2.45, 2.75) is 32.9 Å². The minimum Gasteiger partial charge on any atom is -0.462 e. The highest BCUT2D eigenvalue weighted by atomic mass is 35.5. The monoisotopic (exact) mass is 498 g/mol. The number of esters is 1. The van der Waals surface area contributed by atoms with Gasteiger partial charge in [-0.1, -0.05) is 29.8 Å². The summed E-state index contributed by atoms with van der Waals surface area (Å²) >= 11 is 6.33. The minimum atomic E-state index is -0.826. The lowest BCUT2D eigenvalue weighted by atomic mass is 9.96. The molecule has 0 aliphatic rings. The fraction of sp³-hybridized carbons (Fsp3) is 0.269. The average Bonchev–Trinajstić information content (AvgIpc) is 2.84. The van der Waals surface area contributed by atoms with Crippen LogP contribution in [0, 0.1) is 0 Å². The quantitative estimate of drug-likeness (QED) is 0.268. The molecule has 3 aromatic rings. The zero-order valence-corrected chi connectivity index (χ0v) is 20.5. The molecule has 9 heteroatoms. The van der Waals surface area contributed by atoms with Crippen LogP contribution >= 0.6 is 11.6 Å². The second-order valence-electron chi connectivity index (χ2n) is 7.64. The van der Waals surface area contributed by atoms with Gasteiger partial charge in [-0.25, -0.2) is 14.6 Å². The van der Waals surface area contributed by atoms with Crippen molar-refractivity contribution in [3.63, 3.8) is 0 Å². The van der Waals surface area contributed by atoms with Crippen LogP contribution in [0.4, 0.5) is 10.6 Å². The number of pyridine rings is 1. The first-order valence-corrected chi connectivity index (χ1v) is 11.5. The third-order valence-corrected chi connectivity index (χ3v) is 4.95. The summed E-state index contributed by atoms with van der Waals surface area (Å²) in [6.07, 6.45) is 0.540. The van der Waals surface area contributed by atoms with Crippen molar-refractivity contribution in [3.8, 4) is 5.75 Å². The number of carbonyl (C=O) groups excluding carboxylic acids is 2. The number of nitrogens with one attached hydrogen (secondary N) is 1. The molecule has 0 radical (unpaired) electrons.